The number of fused-ring (bicyclic) bond motifs is 10. The Morgan fingerprint density at radius 1 is 0.304 bits per heavy atom. The van der Waals surface area contributed by atoms with Crippen LogP contribution in [0.15, 0.2) is 158 Å². The Hall–Kier alpha value is -5.28. The molecular weight excluding hydrogens is 593 g/mol. The zero-order chi connectivity index (χ0) is 30.2. The van der Waals surface area contributed by atoms with E-state index < -0.39 is 0 Å². The number of thiophene rings is 2. The smallest absolute Gasteiger partial charge is 0.0440 e. The normalized spacial score (nSPS) is 11.9. The van der Waals surface area contributed by atoms with Crippen molar-refractivity contribution in [2.24, 2.45) is 0 Å². The van der Waals surface area contributed by atoms with Gasteiger partial charge in [0.1, 0.15) is 0 Å². The molecule has 0 N–H and O–H groups in total. The van der Waals surface area contributed by atoms with Crippen LogP contribution in [-0.4, -0.2) is 0 Å². The van der Waals surface area contributed by atoms with Crippen molar-refractivity contribution in [2.45, 2.75) is 0 Å². The van der Waals surface area contributed by atoms with Crippen molar-refractivity contribution in [1.29, 1.82) is 0 Å². The molecule has 8 aromatic carbocycles. The first-order valence-corrected chi connectivity index (χ1v) is 17.3. The Morgan fingerprint density at radius 2 is 0.848 bits per heavy atom. The summed E-state index contributed by atoms with van der Waals surface area (Å²) < 4.78 is 5.42. The first kappa shape index (κ1) is 26.0. The van der Waals surface area contributed by atoms with Crippen LogP contribution in [0.3, 0.4) is 0 Å². The maximum atomic E-state index is 2.39. The van der Waals surface area contributed by atoms with Gasteiger partial charge in [-0.15, -0.1) is 22.7 Å². The molecule has 0 nitrogen and oxygen atoms in total. The van der Waals surface area contributed by atoms with Crippen LogP contribution in [-0.2, 0) is 0 Å². The summed E-state index contributed by atoms with van der Waals surface area (Å²) in [5.74, 6) is 0. The predicted molar refractivity (Wildman–Crippen MR) is 204 cm³/mol. The minimum Gasteiger partial charge on any atom is -0.135 e. The third-order valence-corrected chi connectivity index (χ3v) is 11.9. The lowest BCUT2D eigenvalue weighted by atomic mass is 9.94. The van der Waals surface area contributed by atoms with Gasteiger partial charge in [-0.1, -0.05) is 133 Å². The zero-order valence-electron chi connectivity index (χ0n) is 24.8. The highest BCUT2D eigenvalue weighted by atomic mass is 32.1. The molecule has 46 heavy (non-hydrogen) atoms. The van der Waals surface area contributed by atoms with Crippen LogP contribution in [0.5, 0.6) is 0 Å². The Morgan fingerprint density at radius 3 is 1.63 bits per heavy atom. The summed E-state index contributed by atoms with van der Waals surface area (Å²) in [5, 5.41) is 10.6. The Balaban J connectivity index is 1.05. The van der Waals surface area contributed by atoms with Crippen molar-refractivity contribution >= 4 is 84.6 Å². The van der Waals surface area contributed by atoms with Crippen molar-refractivity contribution in [3.8, 4) is 33.4 Å². The zero-order valence-corrected chi connectivity index (χ0v) is 26.5. The van der Waals surface area contributed by atoms with Crippen molar-refractivity contribution in [1.82, 2.24) is 0 Å². The van der Waals surface area contributed by atoms with E-state index in [4.69, 9.17) is 0 Å². The van der Waals surface area contributed by atoms with E-state index in [9.17, 15) is 0 Å². The van der Waals surface area contributed by atoms with Gasteiger partial charge in [-0.2, -0.15) is 0 Å². The summed E-state index contributed by atoms with van der Waals surface area (Å²) in [5.41, 5.74) is 7.50. The van der Waals surface area contributed by atoms with E-state index in [0.717, 1.165) is 0 Å². The first-order valence-electron chi connectivity index (χ1n) is 15.7. The van der Waals surface area contributed by atoms with Gasteiger partial charge in [0.05, 0.1) is 0 Å². The van der Waals surface area contributed by atoms with Gasteiger partial charge < -0.3 is 0 Å². The number of hydrogen-bond donors (Lipinski definition) is 0. The minimum absolute atomic E-state index is 1.23. The van der Waals surface area contributed by atoms with Crippen LogP contribution in [0.2, 0.25) is 0 Å². The van der Waals surface area contributed by atoms with E-state index in [2.05, 4.69) is 158 Å². The van der Waals surface area contributed by atoms with Crippen molar-refractivity contribution in [2.75, 3.05) is 0 Å². The highest BCUT2D eigenvalue weighted by Crippen LogP contribution is 2.43. The fourth-order valence-electron chi connectivity index (χ4n) is 7.19. The molecule has 2 heterocycles. The lowest BCUT2D eigenvalue weighted by molar-refractivity contribution is 1.59. The summed E-state index contributed by atoms with van der Waals surface area (Å²) in [6.07, 6.45) is 0. The molecule has 2 aromatic heterocycles. The molecule has 0 unspecified atom stereocenters. The Bertz CT molecular complexity index is 2790. The van der Waals surface area contributed by atoms with Gasteiger partial charge in [-0.3, -0.25) is 0 Å². The van der Waals surface area contributed by atoms with Crippen LogP contribution in [0.25, 0.3) is 95.3 Å². The standard InChI is InChI=1S/C44H26S2/c1-3-13-40-35(9-1)37-12-6-11-34(43(37)45-40)33-8-5-7-31(25-33)27-15-17-28(18-16-27)32-22-20-29-19-21-30-23-24-38-36-10-2-4-14-41(36)46-44(38)42(30)39(29)26-32/h1-26H. The molecule has 0 saturated heterocycles. The minimum atomic E-state index is 1.23. The molecule has 0 spiro atoms. The molecule has 0 atom stereocenters. The van der Waals surface area contributed by atoms with Gasteiger partial charge >= 0.3 is 0 Å². The maximum Gasteiger partial charge on any atom is 0.0440 e. The molecule has 10 aromatic rings. The monoisotopic (exact) mass is 618 g/mol. The van der Waals surface area contributed by atoms with Gasteiger partial charge in [-0.05, 0) is 73.8 Å². The first-order chi connectivity index (χ1) is 22.8. The van der Waals surface area contributed by atoms with E-state index >= 15 is 0 Å². The molecule has 0 radical (unpaired) electrons. The van der Waals surface area contributed by atoms with Crippen molar-refractivity contribution < 1.29 is 0 Å². The van der Waals surface area contributed by atoms with Crippen molar-refractivity contribution in [3.63, 3.8) is 0 Å². The van der Waals surface area contributed by atoms with Crippen LogP contribution < -0.4 is 0 Å². The fraction of sp³-hybridized carbons (Fsp3) is 0. The van der Waals surface area contributed by atoms with Crippen LogP contribution in [0, 0.1) is 0 Å². The molecular formula is C44H26S2. The summed E-state index contributed by atoms with van der Waals surface area (Å²) in [4.78, 5) is 0. The molecule has 0 aliphatic carbocycles. The van der Waals surface area contributed by atoms with Gasteiger partial charge in [0, 0.05) is 45.7 Å². The van der Waals surface area contributed by atoms with Crippen LogP contribution in [0.4, 0.5) is 0 Å². The van der Waals surface area contributed by atoms with Crippen molar-refractivity contribution in [3.05, 3.63) is 158 Å². The summed E-state index contributed by atoms with van der Waals surface area (Å²) in [6.45, 7) is 0. The third kappa shape index (κ3) is 3.98. The summed E-state index contributed by atoms with van der Waals surface area (Å²) in [6, 6.07) is 58.3. The van der Waals surface area contributed by atoms with E-state index in [1.54, 1.807) is 0 Å². The average molecular weight is 619 g/mol. The highest BCUT2D eigenvalue weighted by molar-refractivity contribution is 7.27. The van der Waals surface area contributed by atoms with Crippen LogP contribution in [0.1, 0.15) is 0 Å². The highest BCUT2D eigenvalue weighted by Gasteiger charge is 2.13. The van der Waals surface area contributed by atoms with Gasteiger partial charge in [-0.25, -0.2) is 0 Å². The SMILES string of the molecule is c1cc(-c2ccc(-c3ccc4ccc5ccc6c7ccccc7sc6c5c4c3)cc2)cc(-c2cccc3c2sc2ccccc23)c1. The molecule has 0 amide bonds. The number of rotatable bonds is 3. The fourth-order valence-corrected chi connectivity index (χ4v) is 9.70. The molecule has 0 fully saturated rings. The van der Waals surface area contributed by atoms with E-state index in [1.165, 1.54) is 95.3 Å². The largest absolute Gasteiger partial charge is 0.135 e. The molecule has 2 heteroatoms. The molecule has 0 saturated carbocycles. The lowest BCUT2D eigenvalue weighted by Gasteiger charge is -2.10. The van der Waals surface area contributed by atoms with E-state index in [0.29, 0.717) is 0 Å². The molecule has 214 valence electrons. The van der Waals surface area contributed by atoms with Gasteiger partial charge in [0.25, 0.3) is 0 Å². The lowest BCUT2D eigenvalue weighted by Crippen LogP contribution is -1.84. The average Bonchev–Trinajstić information content (AvgIpc) is 3.70. The topological polar surface area (TPSA) is 0 Å². The summed E-state index contributed by atoms with van der Waals surface area (Å²) in [7, 11) is 0. The predicted octanol–water partition coefficient (Wildman–Crippen LogP) is 13.7. The van der Waals surface area contributed by atoms with Gasteiger partial charge in [0.2, 0.25) is 0 Å². The second kappa shape index (κ2) is 10.1. The van der Waals surface area contributed by atoms with E-state index in [-0.39, 0.29) is 0 Å². The number of hydrogen-bond acceptors (Lipinski definition) is 2. The summed E-state index contributed by atoms with van der Waals surface area (Å²) >= 11 is 3.80. The molecule has 0 aliphatic heterocycles. The van der Waals surface area contributed by atoms with E-state index in [1.807, 2.05) is 22.7 Å². The van der Waals surface area contributed by atoms with Crippen LogP contribution >= 0.6 is 22.7 Å². The second-order valence-electron chi connectivity index (χ2n) is 12.1. The third-order valence-electron chi connectivity index (χ3n) is 9.47. The molecule has 0 bridgehead atoms. The Kier molecular flexibility index (Phi) is 5.72. The Labute approximate surface area is 274 Å². The molecule has 0 aliphatic rings. The maximum absolute atomic E-state index is 2.39. The quantitative estimate of drug-likeness (QED) is 0.173. The second-order valence-corrected chi connectivity index (χ2v) is 14.2. The number of benzene rings is 8. The molecule has 10 rings (SSSR count). The van der Waals surface area contributed by atoms with Gasteiger partial charge in [0.15, 0.2) is 0 Å².